The number of pyridine rings is 1. The molecule has 2 N–H and O–H groups in total. The van der Waals surface area contributed by atoms with Crippen LogP contribution >= 0.6 is 0 Å². The Hall–Kier alpha value is -1.74. The van der Waals surface area contributed by atoms with Gasteiger partial charge in [0.05, 0.1) is 0 Å². The van der Waals surface area contributed by atoms with Gasteiger partial charge in [-0.3, -0.25) is 4.98 Å². The highest BCUT2D eigenvalue weighted by Crippen LogP contribution is 2.20. The van der Waals surface area contributed by atoms with Gasteiger partial charge in [-0.2, -0.15) is 0 Å². The highest BCUT2D eigenvalue weighted by Gasteiger charge is 2.11. The number of aryl methyl sites for hydroxylation is 2. The fourth-order valence-corrected chi connectivity index (χ4v) is 1.95. The Labute approximate surface area is 107 Å². The van der Waals surface area contributed by atoms with Gasteiger partial charge in [0.2, 0.25) is 0 Å². The summed E-state index contributed by atoms with van der Waals surface area (Å²) >= 11 is 0. The molecule has 0 saturated heterocycles. The maximum atomic E-state index is 13.7. The van der Waals surface area contributed by atoms with E-state index in [1.54, 1.807) is 12.3 Å². The summed E-state index contributed by atoms with van der Waals surface area (Å²) in [5, 5.41) is 0. The molecule has 0 aliphatic rings. The molecule has 1 heterocycles. The Bertz CT molecular complexity index is 511. The molecule has 0 fully saturated rings. The fourth-order valence-electron chi connectivity index (χ4n) is 1.95. The van der Waals surface area contributed by atoms with E-state index in [1.165, 1.54) is 6.07 Å². The number of nitrogens with two attached hydrogens (primary N) is 1. The summed E-state index contributed by atoms with van der Waals surface area (Å²) in [6.45, 7) is 1.94. The average molecular weight is 244 g/mol. The van der Waals surface area contributed by atoms with Gasteiger partial charge in [-0.05, 0) is 38.0 Å². The van der Waals surface area contributed by atoms with E-state index in [2.05, 4.69) is 4.98 Å². The number of benzene rings is 1. The third-order valence-electron chi connectivity index (χ3n) is 2.99. The monoisotopic (exact) mass is 244 g/mol. The van der Waals surface area contributed by atoms with E-state index >= 15 is 0 Å². The van der Waals surface area contributed by atoms with Crippen molar-refractivity contribution in [3.8, 4) is 0 Å². The van der Waals surface area contributed by atoms with Crippen LogP contribution in [0.25, 0.3) is 0 Å². The van der Waals surface area contributed by atoms with Crippen LogP contribution in [0.4, 0.5) is 4.39 Å². The van der Waals surface area contributed by atoms with Crippen LogP contribution in [0.5, 0.6) is 0 Å². The molecule has 2 aromatic rings. The summed E-state index contributed by atoms with van der Waals surface area (Å²) in [7, 11) is 0. The SMILES string of the molecule is Cc1ccc(F)c(C(N)CCc2ccccn2)c1. The molecule has 2 rings (SSSR count). The van der Waals surface area contributed by atoms with Crippen molar-refractivity contribution in [2.24, 2.45) is 5.73 Å². The van der Waals surface area contributed by atoms with E-state index < -0.39 is 0 Å². The van der Waals surface area contributed by atoms with E-state index in [9.17, 15) is 4.39 Å². The quantitative estimate of drug-likeness (QED) is 0.897. The second kappa shape index (κ2) is 5.74. The first-order valence-electron chi connectivity index (χ1n) is 6.08. The molecule has 2 nitrogen and oxygen atoms in total. The zero-order chi connectivity index (χ0) is 13.0. The van der Waals surface area contributed by atoms with E-state index in [1.807, 2.05) is 31.2 Å². The first kappa shape index (κ1) is 12.7. The van der Waals surface area contributed by atoms with Gasteiger partial charge >= 0.3 is 0 Å². The summed E-state index contributed by atoms with van der Waals surface area (Å²) in [5.41, 5.74) is 8.65. The lowest BCUT2D eigenvalue weighted by atomic mass is 9.99. The second-order valence-electron chi connectivity index (χ2n) is 4.49. The van der Waals surface area contributed by atoms with Gasteiger partial charge in [-0.25, -0.2) is 4.39 Å². The summed E-state index contributed by atoms with van der Waals surface area (Å²) in [6.07, 6.45) is 3.21. The molecular weight excluding hydrogens is 227 g/mol. The van der Waals surface area contributed by atoms with Crippen LogP contribution in [0.1, 0.15) is 29.3 Å². The Morgan fingerprint density at radius 1 is 1.28 bits per heavy atom. The molecule has 0 aliphatic carbocycles. The van der Waals surface area contributed by atoms with Crippen LogP contribution in [0.3, 0.4) is 0 Å². The van der Waals surface area contributed by atoms with Gasteiger partial charge < -0.3 is 5.73 Å². The Balaban J connectivity index is 2.03. The number of halogens is 1. The summed E-state index contributed by atoms with van der Waals surface area (Å²) < 4.78 is 13.7. The first-order valence-corrected chi connectivity index (χ1v) is 6.08. The molecule has 0 bridgehead atoms. The summed E-state index contributed by atoms with van der Waals surface area (Å²) in [5.74, 6) is -0.228. The molecule has 1 unspecified atom stereocenters. The van der Waals surface area contributed by atoms with Crippen molar-refractivity contribution in [2.45, 2.75) is 25.8 Å². The molecule has 0 amide bonds. The molecule has 1 atom stereocenters. The number of nitrogens with zero attached hydrogens (tertiary/aromatic N) is 1. The minimum Gasteiger partial charge on any atom is -0.324 e. The zero-order valence-corrected chi connectivity index (χ0v) is 10.4. The Morgan fingerprint density at radius 3 is 2.83 bits per heavy atom. The van der Waals surface area contributed by atoms with Crippen LogP contribution < -0.4 is 5.73 Å². The van der Waals surface area contributed by atoms with Crippen molar-refractivity contribution in [2.75, 3.05) is 0 Å². The molecule has 0 radical (unpaired) electrons. The highest BCUT2D eigenvalue weighted by molar-refractivity contribution is 5.26. The predicted molar refractivity (Wildman–Crippen MR) is 70.6 cm³/mol. The molecule has 1 aromatic heterocycles. The lowest BCUT2D eigenvalue weighted by Crippen LogP contribution is -2.13. The molecule has 3 heteroatoms. The van der Waals surface area contributed by atoms with Crippen LogP contribution in [0.2, 0.25) is 0 Å². The van der Waals surface area contributed by atoms with Crippen molar-refractivity contribution in [3.63, 3.8) is 0 Å². The molecule has 0 spiro atoms. The van der Waals surface area contributed by atoms with E-state index in [0.717, 1.165) is 17.7 Å². The van der Waals surface area contributed by atoms with E-state index in [0.29, 0.717) is 12.0 Å². The van der Waals surface area contributed by atoms with E-state index in [-0.39, 0.29) is 11.9 Å². The molecule has 18 heavy (non-hydrogen) atoms. The standard InChI is InChI=1S/C15H17FN2/c1-11-5-7-14(16)13(10-11)15(17)8-6-12-4-2-3-9-18-12/h2-5,7,9-10,15H,6,8,17H2,1H3. The number of aromatic nitrogens is 1. The smallest absolute Gasteiger partial charge is 0.127 e. The third kappa shape index (κ3) is 3.14. The second-order valence-corrected chi connectivity index (χ2v) is 4.49. The number of rotatable bonds is 4. The van der Waals surface area contributed by atoms with Crippen LogP contribution in [-0.4, -0.2) is 4.98 Å². The number of hydrogen-bond acceptors (Lipinski definition) is 2. The van der Waals surface area contributed by atoms with Crippen molar-refractivity contribution >= 4 is 0 Å². The lowest BCUT2D eigenvalue weighted by molar-refractivity contribution is 0.561. The molecule has 94 valence electrons. The third-order valence-corrected chi connectivity index (χ3v) is 2.99. The van der Waals surface area contributed by atoms with Crippen LogP contribution in [0, 0.1) is 12.7 Å². The van der Waals surface area contributed by atoms with Crippen molar-refractivity contribution in [3.05, 3.63) is 65.2 Å². The van der Waals surface area contributed by atoms with Gasteiger partial charge in [-0.15, -0.1) is 0 Å². The predicted octanol–water partition coefficient (Wildman–Crippen LogP) is 3.16. The lowest BCUT2D eigenvalue weighted by Gasteiger charge is -2.13. The van der Waals surface area contributed by atoms with E-state index in [4.69, 9.17) is 5.73 Å². The van der Waals surface area contributed by atoms with Gasteiger partial charge in [0.15, 0.2) is 0 Å². The average Bonchev–Trinajstić information content (AvgIpc) is 2.40. The van der Waals surface area contributed by atoms with Gasteiger partial charge in [-0.1, -0.05) is 23.8 Å². The maximum Gasteiger partial charge on any atom is 0.127 e. The fraction of sp³-hybridized carbons (Fsp3) is 0.267. The Kier molecular flexibility index (Phi) is 4.05. The minimum absolute atomic E-state index is 0.228. The minimum atomic E-state index is -0.285. The maximum absolute atomic E-state index is 13.7. The first-order chi connectivity index (χ1) is 8.66. The van der Waals surface area contributed by atoms with Gasteiger partial charge in [0.25, 0.3) is 0 Å². The van der Waals surface area contributed by atoms with Crippen molar-refractivity contribution in [1.82, 2.24) is 4.98 Å². The van der Waals surface area contributed by atoms with Gasteiger partial charge in [0, 0.05) is 23.5 Å². The normalized spacial score (nSPS) is 12.4. The molecular formula is C15H17FN2. The largest absolute Gasteiger partial charge is 0.324 e. The topological polar surface area (TPSA) is 38.9 Å². The van der Waals surface area contributed by atoms with Crippen molar-refractivity contribution in [1.29, 1.82) is 0 Å². The summed E-state index contributed by atoms with van der Waals surface area (Å²) in [4.78, 5) is 4.24. The van der Waals surface area contributed by atoms with Crippen LogP contribution in [0.15, 0.2) is 42.6 Å². The summed E-state index contributed by atoms with van der Waals surface area (Å²) in [6, 6.07) is 10.5. The highest BCUT2D eigenvalue weighted by atomic mass is 19.1. The van der Waals surface area contributed by atoms with Crippen LogP contribution in [-0.2, 0) is 6.42 Å². The molecule has 1 aromatic carbocycles. The van der Waals surface area contributed by atoms with Crippen molar-refractivity contribution < 1.29 is 4.39 Å². The van der Waals surface area contributed by atoms with Gasteiger partial charge in [0.1, 0.15) is 5.82 Å². The number of hydrogen-bond donors (Lipinski definition) is 1. The zero-order valence-electron chi connectivity index (χ0n) is 10.4. The molecule has 0 saturated carbocycles. The Morgan fingerprint density at radius 2 is 2.11 bits per heavy atom. The molecule has 0 aliphatic heterocycles.